The van der Waals surface area contributed by atoms with Gasteiger partial charge in [-0.25, -0.2) is 0 Å². The second-order valence-electron chi connectivity index (χ2n) is 13.5. The third-order valence-electron chi connectivity index (χ3n) is 6.76. The normalized spacial score (nSPS) is 17.1. The van der Waals surface area contributed by atoms with Gasteiger partial charge in [0.25, 0.3) is 0 Å². The summed E-state index contributed by atoms with van der Waals surface area (Å²) < 4.78 is 0. The first-order valence-corrected chi connectivity index (χ1v) is 14.5. The highest BCUT2D eigenvalue weighted by Crippen LogP contribution is 2.39. The van der Waals surface area contributed by atoms with Gasteiger partial charge in [0.15, 0.2) is 11.1 Å². The van der Waals surface area contributed by atoms with Gasteiger partial charge in [-0.05, 0) is 107 Å². The minimum Gasteiger partial charge on any atom is -0.481 e. The molecule has 10 heteroatoms. The number of carbonyl (C=O) groups is 2. The topological polar surface area (TPSA) is 172 Å². The molecule has 0 spiro atoms. The van der Waals surface area contributed by atoms with Gasteiger partial charge >= 0.3 is 11.9 Å². The predicted octanol–water partition coefficient (Wildman–Crippen LogP) is 8.28. The maximum Gasteiger partial charge on any atom is 0.309 e. The number of unbranched alkanes of at least 4 members (excludes halogenated alkanes) is 4. The molecule has 0 heterocycles. The second kappa shape index (κ2) is 16.4. The quantitative estimate of drug-likeness (QED) is 0.119. The molecule has 2 unspecified atom stereocenters. The van der Waals surface area contributed by atoms with E-state index in [0.717, 1.165) is 19.3 Å². The van der Waals surface area contributed by atoms with Gasteiger partial charge < -0.3 is 10.2 Å². The van der Waals surface area contributed by atoms with E-state index in [9.17, 15) is 25.2 Å². The highest BCUT2D eigenvalue weighted by Gasteiger charge is 2.39. The fourth-order valence-corrected chi connectivity index (χ4v) is 4.28. The summed E-state index contributed by atoms with van der Waals surface area (Å²) in [6, 6.07) is 4.47. The Labute approximate surface area is 241 Å². The molecule has 0 fully saturated rings. The average Bonchev–Trinajstić information content (AvgIpc) is 2.84. The Hall–Kier alpha value is -2.88. The van der Waals surface area contributed by atoms with E-state index >= 15 is 0 Å². The van der Waals surface area contributed by atoms with Gasteiger partial charge in [0.1, 0.15) is 0 Å². The van der Waals surface area contributed by atoms with Crippen molar-refractivity contribution in [1.29, 1.82) is 10.5 Å². The number of aliphatic carboxylic acids is 2. The average molecular weight is 561 g/mol. The lowest BCUT2D eigenvalue weighted by molar-refractivity contribution is -0.151. The molecule has 10 nitrogen and oxygen atoms in total. The number of nitriles is 2. The van der Waals surface area contributed by atoms with Crippen LogP contribution >= 0.6 is 0 Å². The number of hydrogen-bond donors (Lipinski definition) is 2. The number of nitrogens with zero attached hydrogens (tertiary/aromatic N) is 6. The zero-order valence-corrected chi connectivity index (χ0v) is 26.1. The van der Waals surface area contributed by atoms with Crippen LogP contribution in [0.1, 0.15) is 139 Å². The van der Waals surface area contributed by atoms with Crippen LogP contribution in [0, 0.1) is 28.1 Å². The van der Waals surface area contributed by atoms with Crippen LogP contribution in [0.4, 0.5) is 0 Å². The molecule has 226 valence electrons. The lowest BCUT2D eigenvalue weighted by atomic mass is 9.73. The summed E-state index contributed by atoms with van der Waals surface area (Å²) in [6.45, 7) is 14.9. The molecule has 0 aromatic carbocycles. The Balaban J connectivity index is 5.60. The van der Waals surface area contributed by atoms with Crippen molar-refractivity contribution in [2.24, 2.45) is 25.9 Å². The molecule has 0 aliphatic rings. The Morgan fingerprint density at radius 1 is 0.575 bits per heavy atom. The number of carboxylic acid groups (broad SMARTS) is 2. The molecule has 0 aromatic heterocycles. The van der Waals surface area contributed by atoms with Crippen molar-refractivity contribution in [3.05, 3.63) is 0 Å². The first-order chi connectivity index (χ1) is 18.3. The lowest BCUT2D eigenvalue weighted by Gasteiger charge is -2.31. The molecule has 0 saturated carbocycles. The molecule has 2 N–H and O–H groups in total. The second-order valence-corrected chi connectivity index (χ2v) is 13.5. The standard InChI is InChI=1S/C30H52N6O4/c1-26(2,3)33-35-28(7,22-31)17-14-20-30(25(39)40,19-13-11-9-10-12-16-24(37)38)21-15-18-29(8,23-32)36-34-27(4,5)6/h9-21H2,1-8H3,(H,37,38)(H,39,40). The fourth-order valence-electron chi connectivity index (χ4n) is 4.28. The molecular formula is C30H52N6O4. The van der Waals surface area contributed by atoms with E-state index in [0.29, 0.717) is 57.8 Å². The van der Waals surface area contributed by atoms with Gasteiger partial charge in [-0.2, -0.15) is 31.0 Å². The van der Waals surface area contributed by atoms with Crippen molar-refractivity contribution in [2.75, 3.05) is 0 Å². The van der Waals surface area contributed by atoms with Gasteiger partial charge in [-0.1, -0.05) is 25.7 Å². The van der Waals surface area contributed by atoms with E-state index in [1.54, 1.807) is 13.8 Å². The van der Waals surface area contributed by atoms with Gasteiger partial charge in [-0.3, -0.25) is 9.59 Å². The van der Waals surface area contributed by atoms with Crippen molar-refractivity contribution in [3.8, 4) is 12.1 Å². The highest BCUT2D eigenvalue weighted by atomic mass is 16.4. The van der Waals surface area contributed by atoms with E-state index in [4.69, 9.17) is 5.11 Å². The number of azo groups is 2. The minimum absolute atomic E-state index is 0.146. The molecule has 0 saturated heterocycles. The van der Waals surface area contributed by atoms with E-state index < -0.39 is 39.5 Å². The van der Waals surface area contributed by atoms with Crippen molar-refractivity contribution in [3.63, 3.8) is 0 Å². The van der Waals surface area contributed by atoms with Crippen molar-refractivity contribution in [2.45, 2.75) is 161 Å². The SMILES string of the molecule is CC(C)(C)N=NC(C)(C#N)CCCC(CCCCCCCC(=O)O)(CCCC(C)(C#N)N=NC(C)(C)C)C(=O)O. The third-order valence-corrected chi connectivity index (χ3v) is 6.76. The minimum atomic E-state index is -1.03. The first-order valence-electron chi connectivity index (χ1n) is 14.5. The molecule has 0 bridgehead atoms. The van der Waals surface area contributed by atoms with Crippen LogP contribution in [0.3, 0.4) is 0 Å². The first kappa shape index (κ1) is 37.1. The molecule has 0 aliphatic heterocycles. The zero-order chi connectivity index (χ0) is 31.1. The molecule has 2 atom stereocenters. The molecule has 0 rings (SSSR count). The summed E-state index contributed by atoms with van der Waals surface area (Å²) in [5, 5.41) is 55.9. The Morgan fingerprint density at radius 3 is 1.30 bits per heavy atom. The van der Waals surface area contributed by atoms with Crippen LogP contribution in [0.2, 0.25) is 0 Å². The van der Waals surface area contributed by atoms with E-state index in [-0.39, 0.29) is 6.42 Å². The molecule has 0 amide bonds. The summed E-state index contributed by atoms with van der Waals surface area (Å²) in [7, 11) is 0. The van der Waals surface area contributed by atoms with Crippen molar-refractivity contribution >= 4 is 11.9 Å². The van der Waals surface area contributed by atoms with Crippen LogP contribution in [-0.2, 0) is 9.59 Å². The van der Waals surface area contributed by atoms with Crippen LogP contribution in [0.15, 0.2) is 20.5 Å². The third kappa shape index (κ3) is 16.3. The van der Waals surface area contributed by atoms with Crippen molar-refractivity contribution < 1.29 is 19.8 Å². The Morgan fingerprint density at radius 2 is 0.950 bits per heavy atom. The smallest absolute Gasteiger partial charge is 0.309 e. The van der Waals surface area contributed by atoms with E-state index in [1.807, 2.05) is 41.5 Å². The Bertz CT molecular complexity index is 897. The van der Waals surface area contributed by atoms with Gasteiger partial charge in [-0.15, -0.1) is 0 Å². The van der Waals surface area contributed by atoms with Crippen LogP contribution in [0.25, 0.3) is 0 Å². The molecule has 0 aliphatic carbocycles. The predicted molar refractivity (Wildman–Crippen MR) is 155 cm³/mol. The van der Waals surface area contributed by atoms with Crippen LogP contribution in [-0.4, -0.2) is 44.3 Å². The fraction of sp³-hybridized carbons (Fsp3) is 0.867. The van der Waals surface area contributed by atoms with Gasteiger partial charge in [0.2, 0.25) is 0 Å². The van der Waals surface area contributed by atoms with Crippen molar-refractivity contribution in [1.82, 2.24) is 0 Å². The van der Waals surface area contributed by atoms with Gasteiger partial charge in [0, 0.05) is 6.42 Å². The van der Waals surface area contributed by atoms with Gasteiger partial charge in [0.05, 0.1) is 28.6 Å². The molecule has 0 radical (unpaired) electrons. The number of hydrogen-bond acceptors (Lipinski definition) is 8. The maximum atomic E-state index is 12.7. The molecular weight excluding hydrogens is 508 g/mol. The maximum absolute atomic E-state index is 12.7. The summed E-state index contributed by atoms with van der Waals surface area (Å²) in [5.41, 5.74) is -3.89. The molecule has 0 aromatic rings. The van der Waals surface area contributed by atoms with Crippen LogP contribution < -0.4 is 0 Å². The monoisotopic (exact) mass is 560 g/mol. The van der Waals surface area contributed by atoms with E-state index in [2.05, 4.69) is 32.6 Å². The lowest BCUT2D eigenvalue weighted by Crippen LogP contribution is -2.33. The summed E-state index contributed by atoms with van der Waals surface area (Å²) in [6.07, 6.45) is 6.96. The largest absolute Gasteiger partial charge is 0.481 e. The van der Waals surface area contributed by atoms with E-state index in [1.165, 1.54) is 0 Å². The number of rotatable bonds is 19. The summed E-state index contributed by atoms with van der Waals surface area (Å²) >= 11 is 0. The summed E-state index contributed by atoms with van der Waals surface area (Å²) in [4.78, 5) is 23.5. The Kier molecular flexibility index (Phi) is 15.2. The molecule has 40 heavy (non-hydrogen) atoms. The number of carboxylic acids is 2. The zero-order valence-electron chi connectivity index (χ0n) is 26.1. The highest BCUT2D eigenvalue weighted by molar-refractivity contribution is 5.74. The summed E-state index contributed by atoms with van der Waals surface area (Å²) in [5.74, 6) is -1.67. The van der Waals surface area contributed by atoms with Crippen LogP contribution in [0.5, 0.6) is 0 Å².